The monoisotopic (exact) mass is 195 g/mol. The molecule has 0 saturated carbocycles. The van der Waals surface area contributed by atoms with Crippen molar-refractivity contribution in [3.05, 3.63) is 28.7 Å². The van der Waals surface area contributed by atoms with Gasteiger partial charge in [0.1, 0.15) is 17.0 Å². The van der Waals surface area contributed by atoms with E-state index < -0.39 is 5.97 Å². The Morgan fingerprint density at radius 2 is 2.07 bits per heavy atom. The Morgan fingerprint density at radius 3 is 2.57 bits per heavy atom. The minimum atomic E-state index is -0.563. The molecule has 0 bridgehead atoms. The smallest absolute Gasteiger partial charge is 0.341 e. The van der Waals surface area contributed by atoms with Crippen LogP contribution in [0.3, 0.4) is 0 Å². The summed E-state index contributed by atoms with van der Waals surface area (Å²) < 4.78 is 9.44. The van der Waals surface area contributed by atoms with Crippen molar-refractivity contribution in [2.75, 3.05) is 14.2 Å². The van der Waals surface area contributed by atoms with Crippen LogP contribution in [0.25, 0.3) is 0 Å². The molecular formula is C9H9NO4. The molecule has 14 heavy (non-hydrogen) atoms. The molecule has 0 fully saturated rings. The molecule has 0 aliphatic carbocycles. The zero-order chi connectivity index (χ0) is 10.6. The van der Waals surface area contributed by atoms with E-state index in [9.17, 15) is 9.70 Å². The molecule has 0 spiro atoms. The lowest BCUT2D eigenvalue weighted by Gasteiger charge is -2.05. The van der Waals surface area contributed by atoms with Crippen LogP contribution in [0.4, 0.5) is 5.69 Å². The van der Waals surface area contributed by atoms with Crippen molar-refractivity contribution in [2.24, 2.45) is 5.18 Å². The highest BCUT2D eigenvalue weighted by atomic mass is 16.5. The first-order chi connectivity index (χ1) is 6.72. The highest BCUT2D eigenvalue weighted by molar-refractivity contribution is 5.93. The molecule has 0 aliphatic heterocycles. The van der Waals surface area contributed by atoms with Gasteiger partial charge in [0, 0.05) is 0 Å². The molecule has 5 nitrogen and oxygen atoms in total. The van der Waals surface area contributed by atoms with Gasteiger partial charge in [-0.05, 0) is 23.4 Å². The van der Waals surface area contributed by atoms with Gasteiger partial charge < -0.3 is 9.47 Å². The van der Waals surface area contributed by atoms with Gasteiger partial charge in [0.2, 0.25) is 0 Å². The van der Waals surface area contributed by atoms with Crippen LogP contribution in [0.2, 0.25) is 0 Å². The quantitative estimate of drug-likeness (QED) is 0.545. The van der Waals surface area contributed by atoms with Gasteiger partial charge in [-0.25, -0.2) is 4.79 Å². The number of hydrogen-bond donors (Lipinski definition) is 0. The maximum Gasteiger partial charge on any atom is 0.341 e. The zero-order valence-corrected chi connectivity index (χ0v) is 7.81. The number of nitroso groups, excluding NO2 is 1. The number of carbonyl (C=O) groups is 1. The second-order valence-corrected chi connectivity index (χ2v) is 2.47. The number of carbonyl (C=O) groups excluding carboxylic acids is 1. The van der Waals surface area contributed by atoms with E-state index in [-0.39, 0.29) is 11.3 Å². The second kappa shape index (κ2) is 4.36. The summed E-state index contributed by atoms with van der Waals surface area (Å²) in [7, 11) is 2.68. The van der Waals surface area contributed by atoms with Crippen LogP contribution in [-0.4, -0.2) is 20.2 Å². The zero-order valence-electron chi connectivity index (χ0n) is 7.81. The average molecular weight is 195 g/mol. The van der Waals surface area contributed by atoms with Crippen molar-refractivity contribution in [1.29, 1.82) is 0 Å². The van der Waals surface area contributed by atoms with E-state index in [1.807, 2.05) is 0 Å². The van der Waals surface area contributed by atoms with E-state index in [0.717, 1.165) is 0 Å². The molecule has 0 atom stereocenters. The fraction of sp³-hybridized carbons (Fsp3) is 0.222. The highest BCUT2D eigenvalue weighted by Crippen LogP contribution is 2.24. The predicted molar refractivity (Wildman–Crippen MR) is 49.8 cm³/mol. The van der Waals surface area contributed by atoms with Gasteiger partial charge in [0.15, 0.2) is 0 Å². The summed E-state index contributed by atoms with van der Waals surface area (Å²) in [5, 5.41) is 2.71. The van der Waals surface area contributed by atoms with Crippen molar-refractivity contribution in [3.63, 3.8) is 0 Å². The molecule has 0 heterocycles. The summed E-state index contributed by atoms with van der Waals surface area (Å²) >= 11 is 0. The number of rotatable bonds is 3. The molecule has 0 N–H and O–H groups in total. The minimum absolute atomic E-state index is 0.159. The van der Waals surface area contributed by atoms with Gasteiger partial charge in [-0.1, -0.05) is 0 Å². The first-order valence-corrected chi connectivity index (χ1v) is 3.82. The summed E-state index contributed by atoms with van der Waals surface area (Å²) in [6, 6.07) is 4.26. The summed E-state index contributed by atoms with van der Waals surface area (Å²) in [5.74, 6) is -0.211. The third-order valence-corrected chi connectivity index (χ3v) is 1.69. The third-order valence-electron chi connectivity index (χ3n) is 1.69. The van der Waals surface area contributed by atoms with Gasteiger partial charge in [0.05, 0.1) is 14.2 Å². The Hall–Kier alpha value is -1.91. The Bertz CT molecular complexity index is 362. The van der Waals surface area contributed by atoms with Crippen LogP contribution in [-0.2, 0) is 4.74 Å². The molecule has 0 unspecified atom stereocenters. The fourth-order valence-corrected chi connectivity index (χ4v) is 1.02. The van der Waals surface area contributed by atoms with E-state index in [4.69, 9.17) is 4.74 Å². The van der Waals surface area contributed by atoms with Crippen molar-refractivity contribution in [3.8, 4) is 5.75 Å². The molecule has 74 valence electrons. The van der Waals surface area contributed by atoms with E-state index in [1.165, 1.54) is 32.4 Å². The van der Waals surface area contributed by atoms with E-state index in [0.29, 0.717) is 5.75 Å². The SMILES string of the molecule is COC(=O)c1cc(N=O)ccc1OC. The van der Waals surface area contributed by atoms with Gasteiger partial charge in [-0.15, -0.1) is 4.91 Å². The maximum absolute atomic E-state index is 11.2. The van der Waals surface area contributed by atoms with Crippen LogP contribution in [0, 0.1) is 4.91 Å². The summed E-state index contributed by atoms with van der Waals surface area (Å²) in [6.45, 7) is 0. The summed E-state index contributed by atoms with van der Waals surface area (Å²) in [4.78, 5) is 21.4. The molecule has 0 saturated heterocycles. The first-order valence-electron chi connectivity index (χ1n) is 3.82. The Morgan fingerprint density at radius 1 is 1.36 bits per heavy atom. The number of hydrogen-bond acceptors (Lipinski definition) is 5. The van der Waals surface area contributed by atoms with Crippen LogP contribution >= 0.6 is 0 Å². The molecule has 5 heteroatoms. The van der Waals surface area contributed by atoms with Gasteiger partial charge in [-0.3, -0.25) is 0 Å². The predicted octanol–water partition coefficient (Wildman–Crippen LogP) is 1.88. The Kier molecular flexibility index (Phi) is 3.17. The third kappa shape index (κ3) is 1.87. The minimum Gasteiger partial charge on any atom is -0.496 e. The van der Waals surface area contributed by atoms with E-state index >= 15 is 0 Å². The standard InChI is InChI=1S/C9H9NO4/c1-13-8-4-3-6(10-12)5-7(8)9(11)14-2/h3-5H,1-2H3. The molecule has 1 aromatic carbocycles. The Labute approximate surface area is 80.6 Å². The summed E-state index contributed by atoms with van der Waals surface area (Å²) in [5.41, 5.74) is 0.346. The maximum atomic E-state index is 11.2. The molecule has 1 rings (SSSR count). The van der Waals surface area contributed by atoms with Crippen molar-refractivity contribution in [1.82, 2.24) is 0 Å². The molecule has 0 aliphatic rings. The first kappa shape index (κ1) is 10.2. The molecular weight excluding hydrogens is 186 g/mol. The Balaban J connectivity index is 3.21. The fourth-order valence-electron chi connectivity index (χ4n) is 1.02. The molecule has 0 amide bonds. The molecule has 0 radical (unpaired) electrons. The second-order valence-electron chi connectivity index (χ2n) is 2.47. The molecule has 0 aromatic heterocycles. The lowest BCUT2D eigenvalue weighted by atomic mass is 10.2. The van der Waals surface area contributed by atoms with Crippen LogP contribution in [0.5, 0.6) is 5.75 Å². The van der Waals surface area contributed by atoms with Crippen LogP contribution < -0.4 is 4.74 Å². The molecule has 1 aromatic rings. The van der Waals surface area contributed by atoms with Crippen LogP contribution in [0.15, 0.2) is 23.4 Å². The van der Waals surface area contributed by atoms with Gasteiger partial charge in [0.25, 0.3) is 0 Å². The van der Waals surface area contributed by atoms with E-state index in [2.05, 4.69) is 9.91 Å². The topological polar surface area (TPSA) is 65.0 Å². The normalized spacial score (nSPS) is 9.29. The number of nitrogens with zero attached hydrogens (tertiary/aromatic N) is 1. The van der Waals surface area contributed by atoms with Gasteiger partial charge >= 0.3 is 5.97 Å². The number of methoxy groups -OCH3 is 2. The highest BCUT2D eigenvalue weighted by Gasteiger charge is 2.13. The average Bonchev–Trinajstić information content (AvgIpc) is 2.27. The van der Waals surface area contributed by atoms with Crippen molar-refractivity contribution in [2.45, 2.75) is 0 Å². The number of benzene rings is 1. The number of esters is 1. The lowest BCUT2D eigenvalue weighted by Crippen LogP contribution is -2.03. The lowest BCUT2D eigenvalue weighted by molar-refractivity contribution is 0.0597. The van der Waals surface area contributed by atoms with Crippen LogP contribution in [0.1, 0.15) is 10.4 Å². The number of ether oxygens (including phenoxy) is 2. The van der Waals surface area contributed by atoms with Crippen molar-refractivity contribution < 1.29 is 14.3 Å². The summed E-state index contributed by atoms with van der Waals surface area (Å²) in [6.07, 6.45) is 0. The van der Waals surface area contributed by atoms with Gasteiger partial charge in [-0.2, -0.15) is 0 Å². The van der Waals surface area contributed by atoms with Crippen molar-refractivity contribution >= 4 is 11.7 Å². The van der Waals surface area contributed by atoms with E-state index in [1.54, 1.807) is 0 Å². The largest absolute Gasteiger partial charge is 0.496 e.